The van der Waals surface area contributed by atoms with Crippen LogP contribution < -0.4 is 9.47 Å². The number of rotatable bonds is 10. The van der Waals surface area contributed by atoms with Crippen molar-refractivity contribution in [2.24, 2.45) is 0 Å². The molecular formula is C24H29N3O4. The van der Waals surface area contributed by atoms with Crippen LogP contribution in [-0.2, 0) is 17.8 Å². The molecule has 7 heteroatoms. The van der Waals surface area contributed by atoms with E-state index in [2.05, 4.69) is 22.3 Å². The van der Waals surface area contributed by atoms with Gasteiger partial charge in [-0.1, -0.05) is 35.5 Å². The van der Waals surface area contributed by atoms with Gasteiger partial charge in [0.25, 0.3) is 0 Å². The molecule has 0 unspecified atom stereocenters. The Bertz CT molecular complexity index is 985. The van der Waals surface area contributed by atoms with Crippen molar-refractivity contribution in [3.63, 3.8) is 0 Å². The highest BCUT2D eigenvalue weighted by Gasteiger charge is 2.21. The Kier molecular flexibility index (Phi) is 7.65. The van der Waals surface area contributed by atoms with E-state index in [1.165, 1.54) is 5.56 Å². The second-order valence-electron chi connectivity index (χ2n) is 7.54. The molecule has 0 saturated carbocycles. The lowest BCUT2D eigenvalue weighted by Gasteiger charge is -2.25. The van der Waals surface area contributed by atoms with Crippen LogP contribution in [0, 0.1) is 0 Å². The maximum atomic E-state index is 12.8. The SMILES string of the molecule is COc1ccc(-c2noc(CN(C(=O)CCCc3ccccc3)C(C)C)n2)cc1OC. The summed E-state index contributed by atoms with van der Waals surface area (Å²) >= 11 is 0. The van der Waals surface area contributed by atoms with E-state index in [1.54, 1.807) is 31.3 Å². The topological polar surface area (TPSA) is 77.7 Å². The maximum absolute atomic E-state index is 12.8. The molecule has 0 radical (unpaired) electrons. The molecule has 0 N–H and O–H groups in total. The van der Waals surface area contributed by atoms with Crippen LogP contribution in [0.5, 0.6) is 11.5 Å². The first-order chi connectivity index (χ1) is 15.0. The van der Waals surface area contributed by atoms with Crippen molar-refractivity contribution in [2.75, 3.05) is 14.2 Å². The molecule has 1 amide bonds. The minimum atomic E-state index is 0.0284. The molecule has 0 aliphatic rings. The second-order valence-corrected chi connectivity index (χ2v) is 7.54. The van der Waals surface area contributed by atoms with Crippen molar-refractivity contribution in [3.8, 4) is 22.9 Å². The molecule has 1 heterocycles. The van der Waals surface area contributed by atoms with Gasteiger partial charge in [-0.25, -0.2) is 0 Å². The summed E-state index contributed by atoms with van der Waals surface area (Å²) in [6.45, 7) is 4.25. The number of benzene rings is 2. The number of carbonyl (C=O) groups is 1. The smallest absolute Gasteiger partial charge is 0.246 e. The van der Waals surface area contributed by atoms with Crippen LogP contribution in [0.2, 0.25) is 0 Å². The first kappa shape index (κ1) is 22.3. The molecule has 0 fully saturated rings. The Morgan fingerprint density at radius 1 is 1.06 bits per heavy atom. The number of carbonyl (C=O) groups excluding carboxylic acids is 1. The average molecular weight is 424 g/mol. The van der Waals surface area contributed by atoms with Gasteiger partial charge in [-0.05, 0) is 50.5 Å². The number of amides is 1. The molecule has 3 aromatic rings. The number of aryl methyl sites for hydroxylation is 1. The fourth-order valence-corrected chi connectivity index (χ4v) is 3.35. The zero-order chi connectivity index (χ0) is 22.2. The number of hydrogen-bond acceptors (Lipinski definition) is 6. The third-order valence-corrected chi connectivity index (χ3v) is 5.06. The third kappa shape index (κ3) is 5.84. The highest BCUT2D eigenvalue weighted by atomic mass is 16.5. The standard InChI is InChI=1S/C24H29N3O4/c1-17(2)27(23(28)12-8-11-18-9-6-5-7-10-18)16-22-25-24(26-31-22)19-13-14-20(29-3)21(15-19)30-4/h5-7,9-10,13-15,17H,8,11-12,16H2,1-4H3. The summed E-state index contributed by atoms with van der Waals surface area (Å²) in [7, 11) is 3.16. The first-order valence-corrected chi connectivity index (χ1v) is 10.4. The number of hydrogen-bond donors (Lipinski definition) is 0. The molecule has 1 aromatic heterocycles. The first-order valence-electron chi connectivity index (χ1n) is 10.4. The fourth-order valence-electron chi connectivity index (χ4n) is 3.35. The van der Waals surface area contributed by atoms with E-state index in [1.807, 2.05) is 38.1 Å². The van der Waals surface area contributed by atoms with Crippen molar-refractivity contribution in [1.82, 2.24) is 15.0 Å². The van der Waals surface area contributed by atoms with Gasteiger partial charge in [-0.15, -0.1) is 0 Å². The van der Waals surface area contributed by atoms with Gasteiger partial charge in [0.2, 0.25) is 17.6 Å². The molecular weight excluding hydrogens is 394 g/mol. The molecule has 164 valence electrons. The van der Waals surface area contributed by atoms with Gasteiger partial charge in [0.15, 0.2) is 11.5 Å². The van der Waals surface area contributed by atoms with Crippen LogP contribution in [0.25, 0.3) is 11.4 Å². The van der Waals surface area contributed by atoms with Crippen LogP contribution in [-0.4, -0.2) is 41.2 Å². The Morgan fingerprint density at radius 3 is 2.48 bits per heavy atom. The van der Waals surface area contributed by atoms with E-state index in [0.717, 1.165) is 18.4 Å². The van der Waals surface area contributed by atoms with E-state index < -0.39 is 0 Å². The lowest BCUT2D eigenvalue weighted by atomic mass is 10.1. The molecule has 3 rings (SSSR count). The number of aromatic nitrogens is 2. The van der Waals surface area contributed by atoms with Crippen molar-refractivity contribution >= 4 is 5.91 Å². The van der Waals surface area contributed by atoms with E-state index in [4.69, 9.17) is 14.0 Å². The van der Waals surface area contributed by atoms with Crippen LogP contribution in [0.4, 0.5) is 0 Å². The Balaban J connectivity index is 1.64. The molecule has 0 aliphatic carbocycles. The average Bonchev–Trinajstić information content (AvgIpc) is 3.26. The van der Waals surface area contributed by atoms with Crippen LogP contribution >= 0.6 is 0 Å². The molecule has 0 atom stereocenters. The third-order valence-electron chi connectivity index (χ3n) is 5.06. The lowest BCUT2D eigenvalue weighted by Crippen LogP contribution is -2.36. The monoisotopic (exact) mass is 423 g/mol. The summed E-state index contributed by atoms with van der Waals surface area (Å²) < 4.78 is 16.0. The predicted molar refractivity (Wildman–Crippen MR) is 118 cm³/mol. The quantitative estimate of drug-likeness (QED) is 0.477. The lowest BCUT2D eigenvalue weighted by molar-refractivity contribution is -0.134. The van der Waals surface area contributed by atoms with Gasteiger partial charge < -0.3 is 18.9 Å². The normalized spacial score (nSPS) is 10.9. The van der Waals surface area contributed by atoms with E-state index in [9.17, 15) is 4.79 Å². The summed E-state index contributed by atoms with van der Waals surface area (Å²) in [6.07, 6.45) is 2.15. The van der Waals surface area contributed by atoms with Crippen LogP contribution in [0.15, 0.2) is 53.1 Å². The Hall–Kier alpha value is -3.35. The van der Waals surface area contributed by atoms with Gasteiger partial charge in [0.05, 0.1) is 14.2 Å². The van der Waals surface area contributed by atoms with E-state index in [-0.39, 0.29) is 18.5 Å². The highest BCUT2D eigenvalue weighted by molar-refractivity contribution is 5.76. The molecule has 0 aliphatic heterocycles. The van der Waals surface area contributed by atoms with Crippen molar-refractivity contribution < 1.29 is 18.8 Å². The zero-order valence-corrected chi connectivity index (χ0v) is 18.5. The largest absolute Gasteiger partial charge is 0.493 e. The summed E-state index contributed by atoms with van der Waals surface area (Å²) in [5, 5.41) is 4.07. The van der Waals surface area contributed by atoms with Crippen molar-refractivity contribution in [1.29, 1.82) is 0 Å². The summed E-state index contributed by atoms with van der Waals surface area (Å²) in [4.78, 5) is 19.1. The molecule has 0 spiro atoms. The van der Waals surface area contributed by atoms with E-state index in [0.29, 0.717) is 29.6 Å². The van der Waals surface area contributed by atoms with Gasteiger partial charge >= 0.3 is 0 Å². The minimum absolute atomic E-state index is 0.0284. The number of methoxy groups -OCH3 is 2. The fraction of sp³-hybridized carbons (Fsp3) is 0.375. The molecule has 2 aromatic carbocycles. The zero-order valence-electron chi connectivity index (χ0n) is 18.5. The molecule has 0 bridgehead atoms. The summed E-state index contributed by atoms with van der Waals surface area (Å²) in [5.74, 6) is 2.13. The minimum Gasteiger partial charge on any atom is -0.493 e. The molecule has 31 heavy (non-hydrogen) atoms. The van der Waals surface area contributed by atoms with Crippen molar-refractivity contribution in [3.05, 3.63) is 60.0 Å². The molecule has 0 saturated heterocycles. The van der Waals surface area contributed by atoms with Crippen LogP contribution in [0.3, 0.4) is 0 Å². The number of ether oxygens (including phenoxy) is 2. The molecule has 7 nitrogen and oxygen atoms in total. The summed E-state index contributed by atoms with van der Waals surface area (Å²) in [6, 6.07) is 15.6. The van der Waals surface area contributed by atoms with Gasteiger partial charge in [-0.3, -0.25) is 4.79 Å². The van der Waals surface area contributed by atoms with Gasteiger partial charge in [-0.2, -0.15) is 4.98 Å². The Morgan fingerprint density at radius 2 is 1.81 bits per heavy atom. The summed E-state index contributed by atoms with van der Waals surface area (Å²) in [5.41, 5.74) is 1.99. The van der Waals surface area contributed by atoms with Gasteiger partial charge in [0.1, 0.15) is 6.54 Å². The van der Waals surface area contributed by atoms with Crippen LogP contribution in [0.1, 0.15) is 38.1 Å². The predicted octanol–water partition coefficient (Wildman–Crippen LogP) is 4.51. The second kappa shape index (κ2) is 10.6. The van der Waals surface area contributed by atoms with E-state index >= 15 is 0 Å². The van der Waals surface area contributed by atoms with Crippen molar-refractivity contribution in [2.45, 2.75) is 45.7 Å². The highest BCUT2D eigenvalue weighted by Crippen LogP contribution is 2.31. The Labute approximate surface area is 183 Å². The number of nitrogens with zero attached hydrogens (tertiary/aromatic N) is 3. The maximum Gasteiger partial charge on any atom is 0.246 e. The van der Waals surface area contributed by atoms with Gasteiger partial charge in [0, 0.05) is 18.0 Å².